The van der Waals surface area contributed by atoms with Gasteiger partial charge < -0.3 is 9.42 Å². The second kappa shape index (κ2) is 8.05. The third-order valence-corrected chi connectivity index (χ3v) is 5.42. The molecule has 0 bridgehead atoms. The number of hydrogen-bond acceptors (Lipinski definition) is 5. The van der Waals surface area contributed by atoms with Gasteiger partial charge in [0.05, 0.1) is 11.7 Å². The summed E-state index contributed by atoms with van der Waals surface area (Å²) in [5, 5.41) is 8.55. The Morgan fingerprint density at radius 2 is 1.79 bits per heavy atom. The zero-order valence-corrected chi connectivity index (χ0v) is 16.6. The number of hydrogen-bond donors (Lipinski definition) is 1. The minimum Gasteiger partial charge on any atom is -0.338 e. The average molecular weight is 392 g/mol. The molecule has 7 nitrogen and oxygen atoms in total. The van der Waals surface area contributed by atoms with Crippen LogP contribution in [0.15, 0.2) is 53.1 Å². The number of aromatic nitrogens is 1. The molecule has 2 heterocycles. The summed E-state index contributed by atoms with van der Waals surface area (Å²) in [5.74, 6) is 0.245. The third-order valence-electron chi connectivity index (χ3n) is 5.42. The van der Waals surface area contributed by atoms with E-state index in [0.29, 0.717) is 37.8 Å². The topological polar surface area (TPSA) is 78.7 Å². The summed E-state index contributed by atoms with van der Waals surface area (Å²) in [7, 11) is 0. The number of amides is 2. The van der Waals surface area contributed by atoms with Gasteiger partial charge in [-0.1, -0.05) is 41.6 Å². The van der Waals surface area contributed by atoms with E-state index in [-0.39, 0.29) is 17.9 Å². The van der Waals surface area contributed by atoms with Crippen molar-refractivity contribution in [2.75, 3.05) is 31.5 Å². The van der Waals surface area contributed by atoms with Gasteiger partial charge in [0.15, 0.2) is 0 Å². The average Bonchev–Trinajstić information content (AvgIpc) is 3.16. The van der Waals surface area contributed by atoms with Gasteiger partial charge in [-0.3, -0.25) is 19.8 Å². The molecule has 1 aliphatic rings. The van der Waals surface area contributed by atoms with Gasteiger partial charge in [-0.15, -0.1) is 0 Å². The molecule has 1 aromatic heterocycles. The van der Waals surface area contributed by atoms with Crippen LogP contribution in [-0.4, -0.2) is 59.0 Å². The largest absolute Gasteiger partial charge is 0.338 e. The highest BCUT2D eigenvalue weighted by atomic mass is 16.5. The normalized spacial score (nSPS) is 16.0. The molecule has 0 aliphatic carbocycles. The molecule has 3 aromatic rings. The number of anilines is 1. The van der Waals surface area contributed by atoms with E-state index in [2.05, 4.69) is 15.4 Å². The van der Waals surface area contributed by atoms with E-state index < -0.39 is 0 Å². The highest BCUT2D eigenvalue weighted by Gasteiger charge is 2.28. The molecule has 1 atom stereocenters. The molecule has 0 saturated carbocycles. The molecule has 4 rings (SSSR count). The lowest BCUT2D eigenvalue weighted by Gasteiger charge is -2.37. The third kappa shape index (κ3) is 4.00. The first-order valence-electron chi connectivity index (χ1n) is 9.78. The second-order valence-corrected chi connectivity index (χ2v) is 7.35. The zero-order valence-electron chi connectivity index (χ0n) is 16.6. The van der Waals surface area contributed by atoms with E-state index in [1.54, 1.807) is 13.0 Å². The van der Waals surface area contributed by atoms with Crippen molar-refractivity contribution in [2.24, 2.45) is 0 Å². The molecule has 1 aliphatic heterocycles. The number of carbonyl (C=O) groups is 2. The number of benzene rings is 2. The van der Waals surface area contributed by atoms with Gasteiger partial charge >= 0.3 is 0 Å². The van der Waals surface area contributed by atoms with Gasteiger partial charge in [-0.2, -0.15) is 0 Å². The van der Waals surface area contributed by atoms with Crippen molar-refractivity contribution in [3.8, 4) is 0 Å². The summed E-state index contributed by atoms with van der Waals surface area (Å²) in [4.78, 5) is 29.5. The fourth-order valence-corrected chi connectivity index (χ4v) is 3.71. The van der Waals surface area contributed by atoms with Crippen molar-refractivity contribution in [3.63, 3.8) is 0 Å². The summed E-state index contributed by atoms with van der Waals surface area (Å²) < 4.78 is 5.05. The minimum absolute atomic E-state index is 0.0377. The standard InChI is InChI=1S/C22H24N4O3/c1-15-14-20(29-24-15)23-21(27)16(2)25-10-12-26(13-11-25)22(28)19-9-5-7-17-6-3-4-8-18(17)19/h3-9,14,16H,10-13H2,1-2H3,(H,23,27). The van der Waals surface area contributed by atoms with Crippen LogP contribution in [0.1, 0.15) is 23.0 Å². The lowest BCUT2D eigenvalue weighted by molar-refractivity contribution is -0.121. The summed E-state index contributed by atoms with van der Waals surface area (Å²) in [5.41, 5.74) is 1.44. The summed E-state index contributed by atoms with van der Waals surface area (Å²) in [6, 6.07) is 15.1. The maximum atomic E-state index is 13.1. The van der Waals surface area contributed by atoms with Crippen LogP contribution in [0, 0.1) is 6.92 Å². The lowest BCUT2D eigenvalue weighted by Crippen LogP contribution is -2.54. The first-order valence-corrected chi connectivity index (χ1v) is 9.78. The first kappa shape index (κ1) is 19.1. The smallest absolute Gasteiger partial charge is 0.254 e. The Morgan fingerprint density at radius 3 is 2.52 bits per heavy atom. The number of nitrogens with one attached hydrogen (secondary N) is 1. The second-order valence-electron chi connectivity index (χ2n) is 7.35. The van der Waals surface area contributed by atoms with E-state index >= 15 is 0 Å². The Morgan fingerprint density at radius 1 is 1.07 bits per heavy atom. The number of fused-ring (bicyclic) bond motifs is 1. The number of carbonyl (C=O) groups excluding carboxylic acids is 2. The van der Waals surface area contributed by atoms with Gasteiger partial charge in [-0.05, 0) is 30.7 Å². The van der Waals surface area contributed by atoms with Crippen LogP contribution in [0.3, 0.4) is 0 Å². The Kier molecular flexibility index (Phi) is 5.31. The van der Waals surface area contributed by atoms with Gasteiger partial charge in [0.1, 0.15) is 0 Å². The fourth-order valence-electron chi connectivity index (χ4n) is 3.71. The molecular weight excluding hydrogens is 368 g/mol. The monoisotopic (exact) mass is 392 g/mol. The van der Waals surface area contributed by atoms with Crippen LogP contribution in [0.4, 0.5) is 5.88 Å². The lowest BCUT2D eigenvalue weighted by atomic mass is 10.0. The molecule has 0 spiro atoms. The highest BCUT2D eigenvalue weighted by Crippen LogP contribution is 2.21. The van der Waals surface area contributed by atoms with Crippen molar-refractivity contribution in [3.05, 3.63) is 59.8 Å². The predicted octanol–water partition coefficient (Wildman–Crippen LogP) is 2.92. The van der Waals surface area contributed by atoms with E-state index in [0.717, 1.165) is 16.3 Å². The van der Waals surface area contributed by atoms with Crippen molar-refractivity contribution >= 4 is 28.5 Å². The van der Waals surface area contributed by atoms with E-state index in [4.69, 9.17) is 4.52 Å². The van der Waals surface area contributed by atoms with E-state index in [9.17, 15) is 9.59 Å². The minimum atomic E-state index is -0.324. The van der Waals surface area contributed by atoms with Crippen LogP contribution in [0.5, 0.6) is 0 Å². The van der Waals surface area contributed by atoms with Crippen LogP contribution in [0.25, 0.3) is 10.8 Å². The maximum Gasteiger partial charge on any atom is 0.254 e. The molecule has 7 heteroatoms. The van der Waals surface area contributed by atoms with E-state index in [1.165, 1.54) is 0 Å². The van der Waals surface area contributed by atoms with Crippen LogP contribution in [0.2, 0.25) is 0 Å². The molecule has 1 unspecified atom stereocenters. The molecule has 1 fully saturated rings. The quantitative estimate of drug-likeness (QED) is 0.739. The summed E-state index contributed by atoms with van der Waals surface area (Å²) >= 11 is 0. The number of nitrogens with zero attached hydrogens (tertiary/aromatic N) is 3. The van der Waals surface area contributed by atoms with Crippen LogP contribution < -0.4 is 5.32 Å². The molecular formula is C22H24N4O3. The van der Waals surface area contributed by atoms with Crippen molar-refractivity contribution in [1.82, 2.24) is 15.0 Å². The Hall–Kier alpha value is -3.19. The molecule has 1 N–H and O–H groups in total. The van der Waals surface area contributed by atoms with Gasteiger partial charge in [0.2, 0.25) is 11.8 Å². The molecule has 2 amide bonds. The fraction of sp³-hybridized carbons (Fsp3) is 0.318. The number of aryl methyl sites for hydroxylation is 1. The summed E-state index contributed by atoms with van der Waals surface area (Å²) in [6.45, 7) is 6.11. The highest BCUT2D eigenvalue weighted by molar-refractivity contribution is 6.07. The predicted molar refractivity (Wildman–Crippen MR) is 111 cm³/mol. The van der Waals surface area contributed by atoms with Gasteiger partial charge in [-0.25, -0.2) is 0 Å². The van der Waals surface area contributed by atoms with Crippen LogP contribution >= 0.6 is 0 Å². The van der Waals surface area contributed by atoms with Crippen molar-refractivity contribution < 1.29 is 14.1 Å². The SMILES string of the molecule is Cc1cc(NC(=O)C(C)N2CCN(C(=O)c3cccc4ccccc34)CC2)on1. The molecule has 1 saturated heterocycles. The summed E-state index contributed by atoms with van der Waals surface area (Å²) in [6.07, 6.45) is 0. The van der Waals surface area contributed by atoms with Crippen molar-refractivity contribution in [1.29, 1.82) is 0 Å². The molecule has 29 heavy (non-hydrogen) atoms. The van der Waals surface area contributed by atoms with Crippen LogP contribution in [-0.2, 0) is 4.79 Å². The molecule has 2 aromatic carbocycles. The number of piperazine rings is 1. The molecule has 0 radical (unpaired) electrons. The maximum absolute atomic E-state index is 13.1. The van der Waals surface area contributed by atoms with Crippen molar-refractivity contribution in [2.45, 2.75) is 19.9 Å². The zero-order chi connectivity index (χ0) is 20.4. The van der Waals surface area contributed by atoms with Gasteiger partial charge in [0, 0.05) is 37.8 Å². The first-order chi connectivity index (χ1) is 14.0. The Balaban J connectivity index is 1.38. The Labute approximate surface area is 169 Å². The number of rotatable bonds is 4. The van der Waals surface area contributed by atoms with Gasteiger partial charge in [0.25, 0.3) is 5.91 Å². The molecule has 150 valence electrons. The van der Waals surface area contributed by atoms with E-state index in [1.807, 2.05) is 54.3 Å². The Bertz CT molecular complexity index is 1030.